The number of hydrogen-bond acceptors (Lipinski definition) is 5. The molecule has 2 amide bonds. The van der Waals surface area contributed by atoms with Gasteiger partial charge in [-0.05, 0) is 12.1 Å². The molecule has 0 atom stereocenters. The van der Waals surface area contributed by atoms with Crippen molar-refractivity contribution >= 4 is 18.0 Å². The highest BCUT2D eigenvalue weighted by Gasteiger charge is 2.17. The predicted octanol–water partition coefficient (Wildman–Crippen LogP) is -0.371. The fraction of sp³-hybridized carbons (Fsp3) is 0. The van der Waals surface area contributed by atoms with Gasteiger partial charge < -0.3 is 15.7 Å². The van der Waals surface area contributed by atoms with Crippen LogP contribution in [0.25, 0.3) is 0 Å². The van der Waals surface area contributed by atoms with Crippen molar-refractivity contribution in [3.05, 3.63) is 35.4 Å². The van der Waals surface area contributed by atoms with Gasteiger partial charge in [0.2, 0.25) is 0 Å². The summed E-state index contributed by atoms with van der Waals surface area (Å²) in [5.41, 5.74) is 7.91. The summed E-state index contributed by atoms with van der Waals surface area (Å²) in [5.74, 6) is -2.22. The zero-order valence-electron chi connectivity index (χ0n) is 8.47. The summed E-state index contributed by atoms with van der Waals surface area (Å²) < 4.78 is 0. The van der Waals surface area contributed by atoms with Gasteiger partial charge in [0.05, 0.1) is 11.1 Å². The van der Waals surface area contributed by atoms with Crippen molar-refractivity contribution in [3.8, 4) is 0 Å². The number of benzene rings is 1. The Morgan fingerprint density at radius 3 is 2.29 bits per heavy atom. The smallest absolute Gasteiger partial charge is 0.359 e. The molecule has 0 aliphatic heterocycles. The lowest BCUT2D eigenvalue weighted by Gasteiger charge is -2.06. The predicted molar refractivity (Wildman–Crippen MR) is 54.7 cm³/mol. The fourth-order valence-corrected chi connectivity index (χ4v) is 1.02. The van der Waals surface area contributed by atoms with Crippen LogP contribution >= 0.6 is 0 Å². The maximum atomic E-state index is 11.4. The number of nitrogens with one attached hydrogen (secondary N) is 2. The number of nitrogens with two attached hydrogens (primary N) is 1. The third-order valence-electron chi connectivity index (χ3n) is 1.70. The molecule has 90 valence electrons. The lowest BCUT2D eigenvalue weighted by molar-refractivity contribution is 0.0170. The average Bonchev–Trinajstić information content (AvgIpc) is 2.28. The number of carbonyl (C=O) groups excluding carboxylic acids is 2. The van der Waals surface area contributed by atoms with Crippen LogP contribution < -0.4 is 16.7 Å². The standard InChI is InChI=1S/C9H9N3O5/c10-9(16)11-12-17-8(15)6-4-2-1-3-5(6)7(13)14/h1-4,12H,(H,13,14)(H3,10,11,16). The van der Waals surface area contributed by atoms with Gasteiger partial charge in [-0.3, -0.25) is 0 Å². The van der Waals surface area contributed by atoms with Crippen LogP contribution in [-0.2, 0) is 4.84 Å². The van der Waals surface area contributed by atoms with Crippen LogP contribution in [0.3, 0.4) is 0 Å². The average molecular weight is 239 g/mol. The minimum Gasteiger partial charge on any atom is -0.478 e. The molecule has 5 N–H and O–H groups in total. The van der Waals surface area contributed by atoms with E-state index in [9.17, 15) is 14.4 Å². The van der Waals surface area contributed by atoms with Crippen LogP contribution in [0.2, 0.25) is 0 Å². The van der Waals surface area contributed by atoms with Gasteiger partial charge in [0.1, 0.15) is 0 Å². The molecule has 0 bridgehead atoms. The summed E-state index contributed by atoms with van der Waals surface area (Å²) in [7, 11) is 0. The third kappa shape index (κ3) is 3.47. The molecule has 0 saturated carbocycles. The zero-order chi connectivity index (χ0) is 12.8. The number of aromatic carboxylic acids is 1. The Labute approximate surface area is 95.3 Å². The van der Waals surface area contributed by atoms with Crippen molar-refractivity contribution in [2.45, 2.75) is 0 Å². The second kappa shape index (κ2) is 5.47. The quantitative estimate of drug-likeness (QED) is 0.530. The number of carbonyl (C=O) groups is 3. The molecule has 8 nitrogen and oxygen atoms in total. The van der Waals surface area contributed by atoms with E-state index in [1.807, 2.05) is 0 Å². The topological polar surface area (TPSA) is 131 Å². The number of amides is 2. The largest absolute Gasteiger partial charge is 0.478 e. The van der Waals surface area contributed by atoms with E-state index >= 15 is 0 Å². The van der Waals surface area contributed by atoms with Crippen molar-refractivity contribution in [1.29, 1.82) is 0 Å². The molecule has 17 heavy (non-hydrogen) atoms. The van der Waals surface area contributed by atoms with Gasteiger partial charge in [-0.2, -0.15) is 0 Å². The first-order valence-corrected chi connectivity index (χ1v) is 4.36. The Morgan fingerprint density at radius 2 is 1.76 bits per heavy atom. The van der Waals surface area contributed by atoms with Crippen LogP contribution in [0.15, 0.2) is 24.3 Å². The third-order valence-corrected chi connectivity index (χ3v) is 1.70. The molecule has 0 radical (unpaired) electrons. The first-order valence-electron chi connectivity index (χ1n) is 4.36. The number of carboxylic acids is 1. The van der Waals surface area contributed by atoms with Crippen molar-refractivity contribution < 1.29 is 24.3 Å². The minimum atomic E-state index is -1.26. The minimum absolute atomic E-state index is 0.154. The Bertz CT molecular complexity index is 460. The zero-order valence-corrected chi connectivity index (χ0v) is 8.47. The van der Waals surface area contributed by atoms with Gasteiger partial charge in [0.15, 0.2) is 0 Å². The molecule has 0 saturated heterocycles. The Balaban J connectivity index is 2.75. The SMILES string of the molecule is NC(=O)NNOC(=O)c1ccccc1C(=O)O. The van der Waals surface area contributed by atoms with E-state index in [1.165, 1.54) is 24.3 Å². The summed E-state index contributed by atoms with van der Waals surface area (Å²) >= 11 is 0. The van der Waals surface area contributed by atoms with Crippen LogP contribution in [-0.4, -0.2) is 23.1 Å². The van der Waals surface area contributed by atoms with E-state index in [-0.39, 0.29) is 11.1 Å². The van der Waals surface area contributed by atoms with E-state index in [2.05, 4.69) is 4.84 Å². The van der Waals surface area contributed by atoms with Crippen molar-refractivity contribution in [3.63, 3.8) is 0 Å². The molecule has 8 heteroatoms. The normalized spacial score (nSPS) is 9.41. The molecule has 0 unspecified atom stereocenters. The monoisotopic (exact) mass is 239 g/mol. The van der Waals surface area contributed by atoms with E-state index in [4.69, 9.17) is 10.8 Å². The van der Waals surface area contributed by atoms with Crippen LogP contribution in [0.4, 0.5) is 4.79 Å². The lowest BCUT2D eigenvalue weighted by Crippen LogP contribution is -2.42. The van der Waals surface area contributed by atoms with Crippen LogP contribution in [0.1, 0.15) is 20.7 Å². The fourth-order valence-electron chi connectivity index (χ4n) is 1.02. The molecule has 0 heterocycles. The lowest BCUT2D eigenvalue weighted by atomic mass is 10.1. The maximum Gasteiger partial charge on any atom is 0.359 e. The van der Waals surface area contributed by atoms with Crippen molar-refractivity contribution in [2.75, 3.05) is 0 Å². The molecule has 1 rings (SSSR count). The maximum absolute atomic E-state index is 11.4. The van der Waals surface area contributed by atoms with Crippen molar-refractivity contribution in [2.24, 2.45) is 5.73 Å². The van der Waals surface area contributed by atoms with Crippen molar-refractivity contribution in [1.82, 2.24) is 11.0 Å². The number of carboxylic acid groups (broad SMARTS) is 1. The van der Waals surface area contributed by atoms with Gasteiger partial charge in [-0.1, -0.05) is 17.7 Å². The molecule has 1 aromatic carbocycles. The van der Waals surface area contributed by atoms with Gasteiger partial charge >= 0.3 is 18.0 Å². The molecule has 1 aromatic rings. The Hall–Kier alpha value is -2.61. The van der Waals surface area contributed by atoms with Crippen LogP contribution in [0, 0.1) is 0 Å². The highest BCUT2D eigenvalue weighted by molar-refractivity contribution is 6.02. The van der Waals surface area contributed by atoms with Gasteiger partial charge in [0, 0.05) is 0 Å². The number of hydrogen-bond donors (Lipinski definition) is 4. The van der Waals surface area contributed by atoms with Gasteiger partial charge in [-0.25, -0.2) is 19.8 Å². The molecular weight excluding hydrogens is 230 g/mol. The summed E-state index contributed by atoms with van der Waals surface area (Å²) in [6, 6.07) is 4.52. The van der Waals surface area contributed by atoms with Gasteiger partial charge in [-0.15, -0.1) is 0 Å². The van der Waals surface area contributed by atoms with E-state index < -0.39 is 18.0 Å². The number of hydrazine groups is 1. The van der Waals surface area contributed by atoms with Crippen LogP contribution in [0.5, 0.6) is 0 Å². The molecular formula is C9H9N3O5. The Morgan fingerprint density at radius 1 is 1.18 bits per heavy atom. The summed E-state index contributed by atoms with van der Waals surface area (Å²) in [5, 5.41) is 8.81. The Kier molecular flexibility index (Phi) is 4.01. The van der Waals surface area contributed by atoms with E-state index in [1.54, 1.807) is 11.0 Å². The second-order valence-corrected chi connectivity index (χ2v) is 2.83. The van der Waals surface area contributed by atoms with E-state index in [0.717, 1.165) is 0 Å². The summed E-state index contributed by atoms with van der Waals surface area (Å²) in [6.45, 7) is 0. The van der Waals surface area contributed by atoms with E-state index in [0.29, 0.717) is 0 Å². The number of urea groups is 1. The molecule has 0 aliphatic carbocycles. The van der Waals surface area contributed by atoms with Gasteiger partial charge in [0.25, 0.3) is 0 Å². The number of rotatable bonds is 4. The molecule has 0 fully saturated rings. The highest BCUT2D eigenvalue weighted by atomic mass is 16.7. The molecule has 0 aromatic heterocycles. The second-order valence-electron chi connectivity index (χ2n) is 2.83. The molecule has 0 aliphatic rings. The summed E-state index contributed by atoms with van der Waals surface area (Å²) in [6.07, 6.45) is 0. The summed E-state index contributed by atoms with van der Waals surface area (Å²) in [4.78, 5) is 36.8. The number of primary amides is 1. The first-order chi connectivity index (χ1) is 8.02. The first kappa shape index (κ1) is 12.5. The highest BCUT2D eigenvalue weighted by Crippen LogP contribution is 2.09. The molecule has 0 spiro atoms.